The highest BCUT2D eigenvalue weighted by atomic mass is 32.2. The number of carbonyl (C=O) groups is 1. The normalized spacial score (nSPS) is 12.8. The van der Waals surface area contributed by atoms with Crippen LogP contribution in [-0.4, -0.2) is 34.2 Å². The van der Waals surface area contributed by atoms with Gasteiger partial charge < -0.3 is 14.8 Å². The van der Waals surface area contributed by atoms with Gasteiger partial charge in [0.2, 0.25) is 16.8 Å². The van der Waals surface area contributed by atoms with Crippen LogP contribution in [0.4, 0.5) is 0 Å². The maximum absolute atomic E-state index is 12.4. The zero-order chi connectivity index (χ0) is 18.7. The number of rotatable bonds is 6. The zero-order valence-corrected chi connectivity index (χ0v) is 15.4. The van der Waals surface area contributed by atoms with Gasteiger partial charge in [0.25, 0.3) is 5.91 Å². The molecule has 1 aliphatic heterocycles. The molecule has 2 aromatic carbocycles. The van der Waals surface area contributed by atoms with Gasteiger partial charge >= 0.3 is 0 Å². The quantitative estimate of drug-likeness (QED) is 0.749. The number of hydrogen-bond donors (Lipinski definition) is 2. The van der Waals surface area contributed by atoms with Crippen molar-refractivity contribution in [3.05, 3.63) is 53.1 Å². The Morgan fingerprint density at radius 1 is 1.04 bits per heavy atom. The molecule has 8 heteroatoms. The Balaban J connectivity index is 1.55. The van der Waals surface area contributed by atoms with E-state index in [4.69, 9.17) is 9.47 Å². The topological polar surface area (TPSA) is 93.7 Å². The van der Waals surface area contributed by atoms with E-state index in [1.165, 1.54) is 0 Å². The second kappa shape index (κ2) is 7.35. The first-order valence-electron chi connectivity index (χ1n) is 8.11. The van der Waals surface area contributed by atoms with Crippen LogP contribution in [0, 0.1) is 13.8 Å². The highest BCUT2D eigenvalue weighted by molar-refractivity contribution is 7.89. The third-order valence-corrected chi connectivity index (χ3v) is 5.57. The first-order chi connectivity index (χ1) is 12.4. The molecule has 0 saturated heterocycles. The molecule has 0 atom stereocenters. The number of ether oxygens (including phenoxy) is 2. The summed E-state index contributed by atoms with van der Waals surface area (Å²) in [5, 5.41) is 2.68. The minimum atomic E-state index is -3.62. The molecule has 3 rings (SSSR count). The molecular weight excluding hydrogens is 356 g/mol. The fourth-order valence-electron chi connectivity index (χ4n) is 2.58. The monoisotopic (exact) mass is 376 g/mol. The van der Waals surface area contributed by atoms with Crippen molar-refractivity contribution in [3.63, 3.8) is 0 Å². The first kappa shape index (κ1) is 18.2. The molecule has 7 nitrogen and oxygen atoms in total. The van der Waals surface area contributed by atoms with Gasteiger partial charge in [0.05, 0.1) is 4.90 Å². The highest BCUT2D eigenvalue weighted by Crippen LogP contribution is 2.32. The average molecular weight is 376 g/mol. The molecule has 0 radical (unpaired) electrons. The second-order valence-electron chi connectivity index (χ2n) is 5.99. The predicted molar refractivity (Wildman–Crippen MR) is 96.0 cm³/mol. The first-order valence-corrected chi connectivity index (χ1v) is 9.60. The summed E-state index contributed by atoms with van der Waals surface area (Å²) in [6.07, 6.45) is 0. The molecule has 2 aromatic rings. The van der Waals surface area contributed by atoms with Crippen molar-refractivity contribution in [1.82, 2.24) is 10.0 Å². The summed E-state index contributed by atoms with van der Waals surface area (Å²) in [4.78, 5) is 12.4. The van der Waals surface area contributed by atoms with Crippen LogP contribution in [0.3, 0.4) is 0 Å². The minimum absolute atomic E-state index is 0.0893. The van der Waals surface area contributed by atoms with Gasteiger partial charge in [-0.25, -0.2) is 13.1 Å². The number of fused-ring (bicyclic) bond motifs is 1. The van der Waals surface area contributed by atoms with Crippen molar-refractivity contribution in [3.8, 4) is 11.5 Å². The molecule has 26 heavy (non-hydrogen) atoms. The van der Waals surface area contributed by atoms with E-state index in [0.717, 1.165) is 5.56 Å². The Labute approximate surface area is 152 Å². The lowest BCUT2D eigenvalue weighted by Gasteiger charge is -2.11. The Bertz CT molecular complexity index is 941. The number of benzene rings is 2. The van der Waals surface area contributed by atoms with E-state index in [1.807, 2.05) is 13.0 Å². The molecular formula is C18H20N2O5S. The largest absolute Gasteiger partial charge is 0.454 e. The molecule has 138 valence electrons. The van der Waals surface area contributed by atoms with Crippen molar-refractivity contribution < 1.29 is 22.7 Å². The van der Waals surface area contributed by atoms with E-state index in [2.05, 4.69) is 10.0 Å². The number of amides is 1. The number of sulfonamides is 1. The predicted octanol–water partition coefficient (Wildman–Crippen LogP) is 1.74. The molecule has 0 spiro atoms. The third kappa shape index (κ3) is 3.97. The lowest BCUT2D eigenvalue weighted by atomic mass is 10.2. The van der Waals surface area contributed by atoms with E-state index in [0.29, 0.717) is 22.6 Å². The molecule has 0 unspecified atom stereocenters. The van der Waals surface area contributed by atoms with Crippen LogP contribution in [0.15, 0.2) is 41.3 Å². The smallest absolute Gasteiger partial charge is 0.251 e. The summed E-state index contributed by atoms with van der Waals surface area (Å²) in [5.74, 6) is 0.811. The molecule has 0 aromatic heterocycles. The molecule has 0 saturated carbocycles. The van der Waals surface area contributed by atoms with Crippen LogP contribution in [0.5, 0.6) is 11.5 Å². The number of nitrogens with one attached hydrogen (secondary N) is 2. The summed E-state index contributed by atoms with van der Waals surface area (Å²) >= 11 is 0. The molecule has 1 amide bonds. The van der Waals surface area contributed by atoms with Gasteiger partial charge in [0.15, 0.2) is 11.5 Å². The van der Waals surface area contributed by atoms with Crippen molar-refractivity contribution >= 4 is 15.9 Å². The van der Waals surface area contributed by atoms with Crippen LogP contribution < -0.4 is 19.5 Å². The maximum Gasteiger partial charge on any atom is 0.251 e. The van der Waals surface area contributed by atoms with Gasteiger partial charge in [-0.15, -0.1) is 0 Å². The summed E-state index contributed by atoms with van der Waals surface area (Å²) in [6, 6.07) is 10.1. The Hall–Kier alpha value is -2.58. The minimum Gasteiger partial charge on any atom is -0.454 e. The highest BCUT2D eigenvalue weighted by Gasteiger charge is 2.18. The van der Waals surface area contributed by atoms with Crippen molar-refractivity contribution in [1.29, 1.82) is 0 Å². The summed E-state index contributed by atoms with van der Waals surface area (Å²) in [7, 11) is -3.62. The summed E-state index contributed by atoms with van der Waals surface area (Å²) in [5.41, 5.74) is 1.96. The SMILES string of the molecule is Cc1ccc(C)c(S(=O)(=O)NCCNC(=O)c2ccc3c(c2)OCO3)c1. The van der Waals surface area contributed by atoms with Crippen LogP contribution in [-0.2, 0) is 10.0 Å². The van der Waals surface area contributed by atoms with Gasteiger partial charge in [-0.2, -0.15) is 0 Å². The van der Waals surface area contributed by atoms with Crippen LogP contribution in [0.1, 0.15) is 21.5 Å². The van der Waals surface area contributed by atoms with E-state index in [9.17, 15) is 13.2 Å². The molecule has 1 aliphatic rings. The van der Waals surface area contributed by atoms with Gasteiger partial charge in [-0.3, -0.25) is 4.79 Å². The third-order valence-electron chi connectivity index (χ3n) is 3.97. The van der Waals surface area contributed by atoms with Crippen molar-refractivity contribution in [2.45, 2.75) is 18.7 Å². The molecule has 0 aliphatic carbocycles. The van der Waals surface area contributed by atoms with Gasteiger partial charge in [-0.1, -0.05) is 12.1 Å². The van der Waals surface area contributed by atoms with E-state index in [1.54, 1.807) is 37.3 Å². The lowest BCUT2D eigenvalue weighted by Crippen LogP contribution is -2.35. The zero-order valence-electron chi connectivity index (χ0n) is 14.5. The van der Waals surface area contributed by atoms with Crippen molar-refractivity contribution in [2.24, 2.45) is 0 Å². The Morgan fingerprint density at radius 3 is 2.62 bits per heavy atom. The summed E-state index contributed by atoms with van der Waals surface area (Å²) < 4.78 is 37.7. The molecule has 0 bridgehead atoms. The average Bonchev–Trinajstić information content (AvgIpc) is 3.08. The molecule has 2 N–H and O–H groups in total. The summed E-state index contributed by atoms with van der Waals surface area (Å²) in [6.45, 7) is 3.98. The number of carbonyl (C=O) groups excluding carboxylic acids is 1. The number of hydrogen-bond acceptors (Lipinski definition) is 5. The van der Waals surface area contributed by atoms with Gasteiger partial charge in [0, 0.05) is 18.7 Å². The van der Waals surface area contributed by atoms with Crippen LogP contribution in [0.25, 0.3) is 0 Å². The van der Waals surface area contributed by atoms with Crippen LogP contribution in [0.2, 0.25) is 0 Å². The lowest BCUT2D eigenvalue weighted by molar-refractivity contribution is 0.0954. The van der Waals surface area contributed by atoms with Gasteiger partial charge in [-0.05, 0) is 49.2 Å². The Kier molecular flexibility index (Phi) is 5.15. The van der Waals surface area contributed by atoms with Crippen molar-refractivity contribution in [2.75, 3.05) is 19.9 Å². The van der Waals surface area contributed by atoms with Crippen LogP contribution >= 0.6 is 0 Å². The molecule has 0 fully saturated rings. The number of aryl methyl sites for hydroxylation is 2. The standard InChI is InChI=1S/C18H20N2O5S/c1-12-3-4-13(2)17(9-12)26(22,23)20-8-7-19-18(21)14-5-6-15-16(10-14)25-11-24-15/h3-6,9-10,20H,7-8,11H2,1-2H3,(H,19,21). The maximum atomic E-state index is 12.4. The second-order valence-corrected chi connectivity index (χ2v) is 7.73. The van der Waals surface area contributed by atoms with E-state index >= 15 is 0 Å². The van der Waals surface area contributed by atoms with E-state index in [-0.39, 0.29) is 30.7 Å². The molecule has 1 heterocycles. The van der Waals surface area contributed by atoms with Gasteiger partial charge in [0.1, 0.15) is 0 Å². The fraction of sp³-hybridized carbons (Fsp3) is 0.278. The van der Waals surface area contributed by atoms with E-state index < -0.39 is 10.0 Å². The fourth-order valence-corrected chi connectivity index (χ4v) is 3.94. The Morgan fingerprint density at radius 2 is 1.81 bits per heavy atom.